The van der Waals surface area contributed by atoms with Crippen molar-refractivity contribution in [1.82, 2.24) is 19.9 Å². The maximum atomic E-state index is 5.80. The molecule has 6 heteroatoms. The minimum Gasteiger partial charge on any atom is -0.399 e. The van der Waals surface area contributed by atoms with E-state index >= 15 is 0 Å². The molecule has 23 heavy (non-hydrogen) atoms. The van der Waals surface area contributed by atoms with Crippen LogP contribution in [0.3, 0.4) is 0 Å². The van der Waals surface area contributed by atoms with Crippen molar-refractivity contribution in [1.29, 1.82) is 0 Å². The molecule has 0 amide bonds. The van der Waals surface area contributed by atoms with E-state index < -0.39 is 0 Å². The summed E-state index contributed by atoms with van der Waals surface area (Å²) in [4.78, 5) is 6.44. The van der Waals surface area contributed by atoms with Crippen LogP contribution in [-0.4, -0.2) is 53.1 Å². The zero-order valence-corrected chi connectivity index (χ0v) is 13.2. The third kappa shape index (κ3) is 2.73. The Kier molecular flexibility index (Phi) is 3.38. The Bertz CT molecular complexity index is 815. The van der Waals surface area contributed by atoms with Crippen molar-refractivity contribution >= 4 is 22.4 Å². The molecular weight excluding hydrogens is 288 g/mol. The maximum absolute atomic E-state index is 5.80. The third-order valence-corrected chi connectivity index (χ3v) is 4.35. The van der Waals surface area contributed by atoms with E-state index in [1.54, 1.807) is 4.80 Å². The summed E-state index contributed by atoms with van der Waals surface area (Å²) in [6, 6.07) is 14.0. The van der Waals surface area contributed by atoms with Gasteiger partial charge in [-0.2, -0.15) is 4.80 Å². The standard InChI is InChI=1S/C17H20N6/c1-21-8-10-22(11-9-21)14-3-5-15(6-4-14)23-19-16-7-2-13(18)12-17(16)20-23/h2-7,12H,8-11,18H2,1H3. The molecule has 0 spiro atoms. The van der Waals surface area contributed by atoms with Crippen LogP contribution in [0, 0.1) is 0 Å². The number of benzene rings is 2. The maximum Gasteiger partial charge on any atom is 0.115 e. The number of piperazine rings is 1. The number of likely N-dealkylation sites (N-methyl/N-ethyl adjacent to an activating group) is 1. The lowest BCUT2D eigenvalue weighted by Gasteiger charge is -2.34. The Morgan fingerprint density at radius 1 is 0.826 bits per heavy atom. The first-order valence-corrected chi connectivity index (χ1v) is 7.85. The molecule has 0 unspecified atom stereocenters. The summed E-state index contributed by atoms with van der Waals surface area (Å²) in [6.45, 7) is 4.35. The van der Waals surface area contributed by atoms with E-state index in [2.05, 4.69) is 51.3 Å². The van der Waals surface area contributed by atoms with Crippen LogP contribution in [0.15, 0.2) is 42.5 Å². The van der Waals surface area contributed by atoms with Gasteiger partial charge in [0.15, 0.2) is 0 Å². The summed E-state index contributed by atoms with van der Waals surface area (Å²) in [7, 11) is 2.17. The van der Waals surface area contributed by atoms with Crippen LogP contribution in [0.1, 0.15) is 0 Å². The smallest absolute Gasteiger partial charge is 0.115 e. The van der Waals surface area contributed by atoms with Crippen molar-refractivity contribution in [3.8, 4) is 5.69 Å². The normalized spacial score (nSPS) is 16.1. The summed E-state index contributed by atoms with van der Waals surface area (Å²) in [5.41, 5.74) is 10.4. The molecule has 0 aliphatic carbocycles. The molecule has 1 aliphatic heterocycles. The van der Waals surface area contributed by atoms with E-state index in [9.17, 15) is 0 Å². The number of nitrogens with two attached hydrogens (primary N) is 1. The van der Waals surface area contributed by atoms with Crippen molar-refractivity contribution < 1.29 is 0 Å². The minimum absolute atomic E-state index is 0.704. The number of nitrogen functional groups attached to an aromatic ring is 1. The van der Waals surface area contributed by atoms with E-state index in [0.29, 0.717) is 5.69 Å². The number of hydrogen-bond donors (Lipinski definition) is 1. The van der Waals surface area contributed by atoms with Crippen molar-refractivity contribution in [3.05, 3.63) is 42.5 Å². The predicted octanol–water partition coefficient (Wildman–Crippen LogP) is 1.75. The average Bonchev–Trinajstić information content (AvgIpc) is 2.99. The second kappa shape index (κ2) is 5.55. The topological polar surface area (TPSA) is 63.2 Å². The molecule has 2 heterocycles. The molecule has 6 nitrogen and oxygen atoms in total. The van der Waals surface area contributed by atoms with Gasteiger partial charge in [0.05, 0.1) is 5.69 Å². The molecule has 1 aliphatic rings. The van der Waals surface area contributed by atoms with E-state index in [1.165, 1.54) is 5.69 Å². The van der Waals surface area contributed by atoms with Gasteiger partial charge in [0.2, 0.25) is 0 Å². The van der Waals surface area contributed by atoms with Crippen LogP contribution in [-0.2, 0) is 0 Å². The highest BCUT2D eigenvalue weighted by Crippen LogP contribution is 2.20. The number of nitrogens with zero attached hydrogens (tertiary/aromatic N) is 5. The number of hydrogen-bond acceptors (Lipinski definition) is 5. The minimum atomic E-state index is 0.704. The first-order valence-electron chi connectivity index (χ1n) is 7.85. The largest absolute Gasteiger partial charge is 0.399 e. The second-order valence-electron chi connectivity index (χ2n) is 6.04. The van der Waals surface area contributed by atoms with Crippen LogP contribution >= 0.6 is 0 Å². The first kappa shape index (κ1) is 14.0. The van der Waals surface area contributed by atoms with E-state index in [1.807, 2.05) is 18.2 Å². The number of rotatable bonds is 2. The van der Waals surface area contributed by atoms with Gasteiger partial charge < -0.3 is 15.5 Å². The predicted molar refractivity (Wildman–Crippen MR) is 93.0 cm³/mol. The van der Waals surface area contributed by atoms with Gasteiger partial charge >= 0.3 is 0 Å². The summed E-state index contributed by atoms with van der Waals surface area (Å²) in [5, 5.41) is 9.01. The first-order chi connectivity index (χ1) is 11.2. The third-order valence-electron chi connectivity index (χ3n) is 4.35. The van der Waals surface area contributed by atoms with Crippen LogP contribution in [0.2, 0.25) is 0 Å². The Balaban J connectivity index is 1.59. The molecule has 2 N–H and O–H groups in total. The molecule has 0 saturated carbocycles. The van der Waals surface area contributed by atoms with Crippen LogP contribution in [0.4, 0.5) is 11.4 Å². The SMILES string of the molecule is CN1CCN(c2ccc(-n3nc4ccc(N)cc4n3)cc2)CC1. The molecule has 0 radical (unpaired) electrons. The Morgan fingerprint density at radius 3 is 2.22 bits per heavy atom. The van der Waals surface area contributed by atoms with Crippen LogP contribution in [0.5, 0.6) is 0 Å². The number of anilines is 2. The molecule has 1 fully saturated rings. The highest BCUT2D eigenvalue weighted by Gasteiger charge is 2.14. The van der Waals surface area contributed by atoms with E-state index in [4.69, 9.17) is 5.73 Å². The molecule has 4 rings (SSSR count). The lowest BCUT2D eigenvalue weighted by atomic mass is 10.2. The zero-order chi connectivity index (χ0) is 15.8. The second-order valence-corrected chi connectivity index (χ2v) is 6.04. The highest BCUT2D eigenvalue weighted by molar-refractivity contribution is 5.77. The van der Waals surface area contributed by atoms with Crippen LogP contribution in [0.25, 0.3) is 16.7 Å². The van der Waals surface area contributed by atoms with Crippen molar-refractivity contribution in [2.45, 2.75) is 0 Å². The van der Waals surface area contributed by atoms with Gasteiger partial charge in [0.1, 0.15) is 11.0 Å². The summed E-state index contributed by atoms with van der Waals surface area (Å²) in [6.07, 6.45) is 0. The monoisotopic (exact) mass is 308 g/mol. The fourth-order valence-corrected chi connectivity index (χ4v) is 2.91. The summed E-state index contributed by atoms with van der Waals surface area (Å²) >= 11 is 0. The lowest BCUT2D eigenvalue weighted by Crippen LogP contribution is -2.44. The molecule has 2 aromatic carbocycles. The summed E-state index contributed by atoms with van der Waals surface area (Å²) < 4.78 is 0. The Labute approximate surface area is 135 Å². The van der Waals surface area contributed by atoms with Gasteiger partial charge in [0, 0.05) is 37.6 Å². The number of aromatic nitrogens is 3. The van der Waals surface area contributed by atoms with Gasteiger partial charge in [-0.05, 0) is 49.5 Å². The quantitative estimate of drug-likeness (QED) is 0.731. The van der Waals surface area contributed by atoms with Crippen molar-refractivity contribution in [2.75, 3.05) is 43.9 Å². The van der Waals surface area contributed by atoms with Crippen LogP contribution < -0.4 is 10.6 Å². The van der Waals surface area contributed by atoms with Crippen molar-refractivity contribution in [2.24, 2.45) is 0 Å². The average molecular weight is 308 g/mol. The van der Waals surface area contributed by atoms with Gasteiger partial charge in [-0.25, -0.2) is 0 Å². The lowest BCUT2D eigenvalue weighted by molar-refractivity contribution is 0.313. The van der Waals surface area contributed by atoms with E-state index in [-0.39, 0.29) is 0 Å². The fourth-order valence-electron chi connectivity index (χ4n) is 2.91. The molecular formula is C17H20N6. The number of fused-ring (bicyclic) bond motifs is 1. The van der Waals surface area contributed by atoms with E-state index in [0.717, 1.165) is 42.9 Å². The molecule has 118 valence electrons. The Hall–Kier alpha value is -2.60. The van der Waals surface area contributed by atoms with Crippen molar-refractivity contribution in [3.63, 3.8) is 0 Å². The molecule has 1 aromatic heterocycles. The molecule has 3 aromatic rings. The van der Waals surface area contributed by atoms with Gasteiger partial charge in [0.25, 0.3) is 0 Å². The Morgan fingerprint density at radius 2 is 1.48 bits per heavy atom. The molecule has 0 bridgehead atoms. The van der Waals surface area contributed by atoms with Gasteiger partial charge in [-0.3, -0.25) is 0 Å². The van der Waals surface area contributed by atoms with Gasteiger partial charge in [-0.15, -0.1) is 10.2 Å². The summed E-state index contributed by atoms with van der Waals surface area (Å²) in [5.74, 6) is 0. The fraction of sp³-hybridized carbons (Fsp3) is 0.294. The molecule has 0 atom stereocenters. The highest BCUT2D eigenvalue weighted by atomic mass is 15.5. The van der Waals surface area contributed by atoms with Gasteiger partial charge in [-0.1, -0.05) is 0 Å². The zero-order valence-electron chi connectivity index (χ0n) is 13.2. The molecule has 1 saturated heterocycles.